The lowest BCUT2D eigenvalue weighted by molar-refractivity contribution is -0.151. The Morgan fingerprint density at radius 2 is 1.66 bits per heavy atom. The van der Waals surface area contributed by atoms with Gasteiger partial charge >= 0.3 is 12.1 Å². The van der Waals surface area contributed by atoms with Crippen molar-refractivity contribution in [3.05, 3.63) is 59.7 Å². The van der Waals surface area contributed by atoms with Gasteiger partial charge in [0, 0.05) is 12.5 Å². The van der Waals surface area contributed by atoms with Crippen LogP contribution in [0.5, 0.6) is 0 Å². The number of nitrogens with one attached hydrogen (secondary N) is 1. The van der Waals surface area contributed by atoms with Gasteiger partial charge in [0.2, 0.25) is 5.91 Å². The van der Waals surface area contributed by atoms with Crippen LogP contribution in [0.2, 0.25) is 0 Å². The number of carboxylic acid groups (broad SMARTS) is 1. The number of carboxylic acids is 1. The molecule has 5 rings (SSSR count). The van der Waals surface area contributed by atoms with Gasteiger partial charge in [0.25, 0.3) is 5.92 Å². The first-order valence-electron chi connectivity index (χ1n) is 11.6. The molecule has 3 aliphatic rings. The average molecular weight is 484 g/mol. The minimum Gasteiger partial charge on any atom is -0.481 e. The minimum atomic E-state index is -3.53. The van der Waals surface area contributed by atoms with Gasteiger partial charge in [-0.15, -0.1) is 0 Å². The van der Waals surface area contributed by atoms with Crippen LogP contribution in [0.25, 0.3) is 11.1 Å². The number of halogens is 2. The Labute approximate surface area is 201 Å². The first kappa shape index (κ1) is 23.3. The Kier molecular flexibility index (Phi) is 5.53. The molecule has 9 heteroatoms. The Bertz CT molecular complexity index is 1150. The number of hydrogen-bond donors (Lipinski definition) is 2. The predicted molar refractivity (Wildman–Crippen MR) is 122 cm³/mol. The fraction of sp³-hybridized carbons (Fsp3) is 0.423. The van der Waals surface area contributed by atoms with Crippen LogP contribution in [0.4, 0.5) is 13.6 Å². The van der Waals surface area contributed by atoms with E-state index in [9.17, 15) is 23.2 Å². The van der Waals surface area contributed by atoms with E-state index in [0.717, 1.165) is 27.2 Å². The average Bonchev–Trinajstić information content (AvgIpc) is 3.57. The van der Waals surface area contributed by atoms with Crippen LogP contribution in [0.3, 0.4) is 0 Å². The first-order chi connectivity index (χ1) is 16.6. The summed E-state index contributed by atoms with van der Waals surface area (Å²) in [5.74, 6) is -8.25. The second kappa shape index (κ2) is 8.32. The third kappa shape index (κ3) is 4.02. The summed E-state index contributed by atoms with van der Waals surface area (Å²) in [6, 6.07) is 15.8. The van der Waals surface area contributed by atoms with Crippen molar-refractivity contribution in [2.24, 2.45) is 11.8 Å². The van der Waals surface area contributed by atoms with Crippen molar-refractivity contribution in [2.45, 2.75) is 37.1 Å². The third-order valence-corrected chi connectivity index (χ3v) is 7.44. The number of alkyl carbamates (subject to hydrolysis) is 1. The molecule has 184 valence electrons. The Hall–Kier alpha value is -3.49. The van der Waals surface area contributed by atoms with E-state index in [1.165, 1.54) is 6.92 Å². The maximum atomic E-state index is 14.2. The molecule has 2 amide bonds. The molecule has 0 aromatic heterocycles. The molecule has 2 aromatic rings. The van der Waals surface area contributed by atoms with Gasteiger partial charge in [-0.25, -0.2) is 13.6 Å². The van der Waals surface area contributed by atoms with Crippen LogP contribution in [0, 0.1) is 11.8 Å². The maximum Gasteiger partial charge on any atom is 0.408 e. The highest BCUT2D eigenvalue weighted by Gasteiger charge is 2.58. The molecule has 2 fully saturated rings. The fourth-order valence-electron chi connectivity index (χ4n) is 5.36. The van der Waals surface area contributed by atoms with Crippen molar-refractivity contribution in [2.75, 3.05) is 19.7 Å². The van der Waals surface area contributed by atoms with E-state index in [1.807, 2.05) is 48.5 Å². The molecule has 0 radical (unpaired) electrons. The molecule has 1 saturated heterocycles. The summed E-state index contributed by atoms with van der Waals surface area (Å²) in [6.45, 7) is -0.0360. The van der Waals surface area contributed by atoms with E-state index in [0.29, 0.717) is 12.8 Å². The van der Waals surface area contributed by atoms with Gasteiger partial charge in [0.15, 0.2) is 0 Å². The number of ether oxygens (including phenoxy) is 1. The summed E-state index contributed by atoms with van der Waals surface area (Å²) < 4.78 is 33.9. The fourth-order valence-corrected chi connectivity index (χ4v) is 5.36. The molecular weight excluding hydrogens is 458 g/mol. The van der Waals surface area contributed by atoms with Crippen molar-refractivity contribution < 1.29 is 33.0 Å². The number of likely N-dealkylation sites (tertiary alicyclic amines) is 1. The molecule has 2 unspecified atom stereocenters. The number of alkyl halides is 2. The molecule has 2 N–H and O–H groups in total. The van der Waals surface area contributed by atoms with Crippen LogP contribution < -0.4 is 5.32 Å². The van der Waals surface area contributed by atoms with Gasteiger partial charge in [-0.2, -0.15) is 0 Å². The van der Waals surface area contributed by atoms with E-state index < -0.39 is 48.4 Å². The molecule has 2 aromatic carbocycles. The summed E-state index contributed by atoms with van der Waals surface area (Å²) in [5.41, 5.74) is 2.80. The highest BCUT2D eigenvalue weighted by atomic mass is 19.3. The molecule has 2 aliphatic carbocycles. The number of fused-ring (bicyclic) bond motifs is 3. The van der Waals surface area contributed by atoms with Crippen LogP contribution in [0.1, 0.15) is 36.8 Å². The highest BCUT2D eigenvalue weighted by molar-refractivity contribution is 5.91. The van der Waals surface area contributed by atoms with Gasteiger partial charge in [0.05, 0.1) is 6.54 Å². The molecule has 2 atom stereocenters. The van der Waals surface area contributed by atoms with Crippen LogP contribution in [0.15, 0.2) is 48.5 Å². The standard InChI is InChI=1S/C26H26F2N2O5/c1-25(15-10-11-15,23(33)30-12-21(22(31)32)26(27,28)14-30)29-24(34)35-13-20-18-8-4-2-6-16(18)17-7-3-5-9-19(17)20/h2-9,15,20-21H,10-14H2,1H3,(H,29,34)(H,31,32). The molecule has 1 aliphatic heterocycles. The number of aliphatic carboxylic acids is 1. The largest absolute Gasteiger partial charge is 0.481 e. The topological polar surface area (TPSA) is 95.9 Å². The SMILES string of the molecule is CC(NC(=O)OCC1c2ccccc2-c2ccccc21)(C(=O)N1CC(C(=O)O)C(F)(F)C1)C1CC1. The molecule has 1 heterocycles. The smallest absolute Gasteiger partial charge is 0.408 e. The molecule has 7 nitrogen and oxygen atoms in total. The lowest BCUT2D eigenvalue weighted by atomic mass is 9.94. The summed E-state index contributed by atoms with van der Waals surface area (Å²) in [4.78, 5) is 38.2. The highest BCUT2D eigenvalue weighted by Crippen LogP contribution is 2.45. The second-order valence-corrected chi connectivity index (χ2v) is 9.76. The maximum absolute atomic E-state index is 14.2. The van der Waals surface area contributed by atoms with Crippen molar-refractivity contribution in [1.29, 1.82) is 0 Å². The summed E-state index contributed by atoms with van der Waals surface area (Å²) in [7, 11) is 0. The number of benzene rings is 2. The van der Waals surface area contributed by atoms with Gasteiger partial charge in [0.1, 0.15) is 18.1 Å². The lowest BCUT2D eigenvalue weighted by Gasteiger charge is -2.33. The lowest BCUT2D eigenvalue weighted by Crippen LogP contribution is -2.59. The van der Waals surface area contributed by atoms with Crippen LogP contribution in [-0.4, -0.2) is 59.1 Å². The normalized spacial score (nSPS) is 22.1. The first-order valence-corrected chi connectivity index (χ1v) is 11.6. The van der Waals surface area contributed by atoms with E-state index >= 15 is 0 Å². The van der Waals surface area contributed by atoms with E-state index in [1.54, 1.807) is 0 Å². The quantitative estimate of drug-likeness (QED) is 0.649. The number of carbonyl (C=O) groups excluding carboxylic acids is 2. The molecular formula is C26H26F2N2O5. The van der Waals surface area contributed by atoms with Crippen molar-refractivity contribution >= 4 is 18.0 Å². The number of hydrogen-bond acceptors (Lipinski definition) is 4. The van der Waals surface area contributed by atoms with Crippen molar-refractivity contribution in [1.82, 2.24) is 10.2 Å². The molecule has 0 spiro atoms. The Morgan fingerprint density at radius 1 is 1.09 bits per heavy atom. The molecule has 1 saturated carbocycles. The van der Waals surface area contributed by atoms with E-state index in [4.69, 9.17) is 9.84 Å². The number of carbonyl (C=O) groups is 3. The van der Waals surface area contributed by atoms with Gasteiger partial charge in [-0.1, -0.05) is 48.5 Å². The van der Waals surface area contributed by atoms with Gasteiger partial charge < -0.3 is 20.1 Å². The predicted octanol–water partition coefficient (Wildman–Crippen LogP) is 3.87. The van der Waals surface area contributed by atoms with Crippen molar-refractivity contribution in [3.63, 3.8) is 0 Å². The van der Waals surface area contributed by atoms with Crippen LogP contribution >= 0.6 is 0 Å². The summed E-state index contributed by atoms with van der Waals surface area (Å²) >= 11 is 0. The Morgan fingerprint density at radius 3 is 2.17 bits per heavy atom. The molecule has 35 heavy (non-hydrogen) atoms. The second-order valence-electron chi connectivity index (χ2n) is 9.76. The number of rotatable bonds is 6. The third-order valence-electron chi connectivity index (χ3n) is 7.44. The zero-order chi connectivity index (χ0) is 25.0. The monoisotopic (exact) mass is 484 g/mol. The van der Waals surface area contributed by atoms with Crippen molar-refractivity contribution in [3.8, 4) is 11.1 Å². The summed E-state index contributed by atoms with van der Waals surface area (Å²) in [5, 5.41) is 11.8. The number of nitrogens with zero attached hydrogens (tertiary/aromatic N) is 1. The molecule has 0 bridgehead atoms. The zero-order valence-corrected chi connectivity index (χ0v) is 19.2. The summed E-state index contributed by atoms with van der Waals surface area (Å²) in [6.07, 6.45) is 0.493. The Balaban J connectivity index is 1.29. The van der Waals surface area contributed by atoms with Gasteiger partial charge in [-0.05, 0) is 47.9 Å². The zero-order valence-electron chi connectivity index (χ0n) is 19.2. The van der Waals surface area contributed by atoms with Crippen LogP contribution in [-0.2, 0) is 14.3 Å². The van der Waals surface area contributed by atoms with E-state index in [-0.39, 0.29) is 18.4 Å². The number of amides is 2. The van der Waals surface area contributed by atoms with E-state index in [2.05, 4.69) is 5.32 Å². The van der Waals surface area contributed by atoms with Gasteiger partial charge in [-0.3, -0.25) is 9.59 Å². The minimum absolute atomic E-state index is 0.0532.